The van der Waals surface area contributed by atoms with Gasteiger partial charge in [-0.15, -0.1) is 0 Å². The quantitative estimate of drug-likeness (QED) is 0.347. The summed E-state index contributed by atoms with van der Waals surface area (Å²) in [5.74, 6) is -0.483. The van der Waals surface area contributed by atoms with Crippen LogP contribution < -0.4 is 10.0 Å². The molecule has 161 valence electrons. The Morgan fingerprint density at radius 1 is 1.03 bits per heavy atom. The molecule has 1 aliphatic rings. The van der Waals surface area contributed by atoms with Crippen LogP contribution in [0.25, 0.3) is 10.8 Å². The first-order chi connectivity index (χ1) is 15.3. The van der Waals surface area contributed by atoms with Gasteiger partial charge in [0.2, 0.25) is 0 Å². The molecule has 1 radical (unpaired) electrons. The summed E-state index contributed by atoms with van der Waals surface area (Å²) in [4.78, 5) is 24.6. The fourth-order valence-corrected chi connectivity index (χ4v) is 9.17. The monoisotopic (exact) mass is 549 g/mol. The van der Waals surface area contributed by atoms with Crippen molar-refractivity contribution in [2.24, 2.45) is 0 Å². The Morgan fingerprint density at radius 2 is 1.81 bits per heavy atom. The summed E-state index contributed by atoms with van der Waals surface area (Å²) in [6.07, 6.45) is 2.82. The van der Waals surface area contributed by atoms with Gasteiger partial charge in [-0.1, -0.05) is 30.3 Å². The predicted molar refractivity (Wildman–Crippen MR) is 127 cm³/mol. The summed E-state index contributed by atoms with van der Waals surface area (Å²) in [6, 6.07) is 18.8. The van der Waals surface area contributed by atoms with Crippen LogP contribution in [0.4, 0.5) is 5.69 Å². The first-order valence-electron chi connectivity index (χ1n) is 10.2. The Morgan fingerprint density at radius 3 is 2.53 bits per heavy atom. The van der Waals surface area contributed by atoms with Crippen LogP contribution in [-0.2, 0) is 14.8 Å². The van der Waals surface area contributed by atoms with Crippen molar-refractivity contribution in [3.05, 3.63) is 83.9 Å². The number of hydrogen-bond donors (Lipinski definition) is 2. The number of anilines is 1. The van der Waals surface area contributed by atoms with E-state index in [1.807, 2.05) is 30.3 Å². The summed E-state index contributed by atoms with van der Waals surface area (Å²) in [5, 5.41) is 4.71. The molecule has 0 bridgehead atoms. The molecule has 1 atom stereocenters. The molecule has 3 aromatic rings. The van der Waals surface area contributed by atoms with Gasteiger partial charge in [0.05, 0.1) is 0 Å². The van der Waals surface area contributed by atoms with Crippen molar-refractivity contribution in [1.82, 2.24) is 5.32 Å². The zero-order valence-electron chi connectivity index (χ0n) is 17.5. The Hall–Kier alpha value is -2.58. The number of rotatable bonds is 7. The van der Waals surface area contributed by atoms with E-state index in [-0.39, 0.29) is 10.5 Å². The minimum atomic E-state index is -3.91. The van der Waals surface area contributed by atoms with E-state index in [1.165, 1.54) is 24.3 Å². The van der Waals surface area contributed by atoms with Gasteiger partial charge >= 0.3 is 158 Å². The van der Waals surface area contributed by atoms with Crippen molar-refractivity contribution in [3.8, 4) is 0 Å². The molecule has 0 saturated carbocycles. The molecule has 32 heavy (non-hydrogen) atoms. The van der Waals surface area contributed by atoms with Crippen LogP contribution in [0.15, 0.2) is 83.3 Å². The van der Waals surface area contributed by atoms with Gasteiger partial charge in [-0.05, 0) is 10.8 Å². The number of sulfonamides is 1. The van der Waals surface area contributed by atoms with Gasteiger partial charge in [0.25, 0.3) is 0 Å². The zero-order valence-corrected chi connectivity index (χ0v) is 21.7. The number of amides is 1. The Bertz CT molecular complexity index is 1340. The van der Waals surface area contributed by atoms with Gasteiger partial charge in [-0.3, -0.25) is 0 Å². The van der Waals surface area contributed by atoms with E-state index in [4.69, 9.17) is 0 Å². The SMILES string of the molecule is CC(C=O)(NC(=O)c1cccc(S(=O)(=O)Nc2ccc3ccccc3c2)c1)C1=C[CH2][In][CH2]1. The second kappa shape index (κ2) is 9.11. The van der Waals surface area contributed by atoms with Crippen molar-refractivity contribution >= 4 is 61.6 Å². The maximum atomic E-state index is 13.0. The number of allylic oxidation sites excluding steroid dienone is 1. The number of fused-ring (bicyclic) bond motifs is 1. The molecule has 0 fully saturated rings. The summed E-state index contributed by atoms with van der Waals surface area (Å²) in [6.45, 7) is 1.69. The summed E-state index contributed by atoms with van der Waals surface area (Å²) in [7, 11) is -3.91. The molecule has 0 aromatic heterocycles. The normalized spacial score (nSPS) is 15.3. The van der Waals surface area contributed by atoms with Gasteiger partial charge in [-0.25, -0.2) is 0 Å². The third-order valence-electron chi connectivity index (χ3n) is 5.58. The van der Waals surface area contributed by atoms with Crippen molar-refractivity contribution in [2.75, 3.05) is 4.72 Å². The Labute approximate surface area is 198 Å². The number of nitrogens with one attached hydrogen (secondary N) is 2. The van der Waals surface area contributed by atoms with Crippen LogP contribution >= 0.6 is 0 Å². The third kappa shape index (κ3) is 4.76. The molecule has 3 aromatic carbocycles. The number of benzene rings is 3. The fraction of sp³-hybridized carbons (Fsp3) is 0.167. The van der Waals surface area contributed by atoms with E-state index in [1.54, 1.807) is 19.1 Å². The molecule has 4 rings (SSSR count). The van der Waals surface area contributed by atoms with Crippen molar-refractivity contribution in [3.63, 3.8) is 0 Å². The van der Waals surface area contributed by atoms with Crippen LogP contribution in [0, 0.1) is 0 Å². The Kier molecular flexibility index (Phi) is 6.44. The molecule has 0 saturated heterocycles. The predicted octanol–water partition coefficient (Wildman–Crippen LogP) is 3.81. The Balaban J connectivity index is 1.56. The molecular weight excluding hydrogens is 527 g/mol. The molecule has 1 unspecified atom stereocenters. The topological polar surface area (TPSA) is 92.3 Å². The van der Waals surface area contributed by atoms with E-state index >= 15 is 0 Å². The van der Waals surface area contributed by atoms with E-state index in [0.29, 0.717) is 5.69 Å². The number of carbonyl (C=O) groups is 2. The van der Waals surface area contributed by atoms with Gasteiger partial charge in [-0.2, -0.15) is 0 Å². The first kappa shape index (κ1) is 22.6. The summed E-state index contributed by atoms with van der Waals surface area (Å²) in [5.41, 5.74) is 0.520. The number of carbonyl (C=O) groups excluding carboxylic acids is 2. The number of hydrogen-bond acceptors (Lipinski definition) is 4. The maximum absolute atomic E-state index is 13.0. The van der Waals surface area contributed by atoms with Crippen LogP contribution in [0.3, 0.4) is 0 Å². The van der Waals surface area contributed by atoms with Crippen LogP contribution in [0.2, 0.25) is 8.35 Å². The van der Waals surface area contributed by atoms with E-state index in [0.717, 1.165) is 31.0 Å². The van der Waals surface area contributed by atoms with Gasteiger partial charge in [0.15, 0.2) is 0 Å². The third-order valence-corrected chi connectivity index (χ3v) is 10.7. The van der Waals surface area contributed by atoms with Crippen molar-refractivity contribution < 1.29 is 18.0 Å². The zero-order chi connectivity index (χ0) is 22.8. The standard InChI is InChI=1S/C24H22N2O4S.In/c1-4-17(2)24(3,16-27)25-23(28)20-10-7-11-22(15-20)31(29,30)26-21-13-12-18-8-5-6-9-19(18)14-21;/h4-16,26H,1-2H2,3H3,(H,25,28);. The molecule has 1 amide bonds. The first-order valence-corrected chi connectivity index (χ1v) is 16.4. The van der Waals surface area contributed by atoms with E-state index in [2.05, 4.69) is 16.1 Å². The molecule has 1 heterocycles. The number of aldehydes is 1. The van der Waals surface area contributed by atoms with Crippen LogP contribution in [0.5, 0.6) is 0 Å². The summed E-state index contributed by atoms with van der Waals surface area (Å²) >= 11 is -0.688. The van der Waals surface area contributed by atoms with Crippen molar-refractivity contribution in [2.45, 2.75) is 25.7 Å². The molecule has 0 aliphatic carbocycles. The molecule has 2 N–H and O–H groups in total. The second-order valence-corrected chi connectivity index (χ2v) is 13.8. The van der Waals surface area contributed by atoms with E-state index < -0.39 is 44.4 Å². The van der Waals surface area contributed by atoms with Gasteiger partial charge in [0.1, 0.15) is 0 Å². The summed E-state index contributed by atoms with van der Waals surface area (Å²) < 4.78 is 30.5. The minimum absolute atomic E-state index is 0.0265. The van der Waals surface area contributed by atoms with E-state index in [9.17, 15) is 18.0 Å². The van der Waals surface area contributed by atoms with Gasteiger partial charge < -0.3 is 0 Å². The average molecular weight is 549 g/mol. The molecule has 6 nitrogen and oxygen atoms in total. The van der Waals surface area contributed by atoms with Crippen molar-refractivity contribution in [1.29, 1.82) is 0 Å². The molecule has 1 aliphatic heterocycles. The fourth-order valence-electron chi connectivity index (χ4n) is 3.74. The average Bonchev–Trinajstić information content (AvgIpc) is 3.34. The molecular formula is C24H22InN2O4S. The molecule has 0 spiro atoms. The van der Waals surface area contributed by atoms with Crippen LogP contribution in [0.1, 0.15) is 17.3 Å². The van der Waals surface area contributed by atoms with Gasteiger partial charge in [0, 0.05) is 0 Å². The second-order valence-electron chi connectivity index (χ2n) is 7.93. The van der Waals surface area contributed by atoms with Crippen LogP contribution in [-0.4, -0.2) is 49.1 Å². The molecule has 8 heteroatoms.